The zero-order chi connectivity index (χ0) is 28.1. The van der Waals surface area contributed by atoms with Gasteiger partial charge in [-0.05, 0) is 30.9 Å². The van der Waals surface area contributed by atoms with Crippen molar-refractivity contribution in [2.75, 3.05) is 20.5 Å². The van der Waals surface area contributed by atoms with Crippen LogP contribution in [0.2, 0.25) is 0 Å². The molecule has 0 spiro atoms. The van der Waals surface area contributed by atoms with Gasteiger partial charge in [0.15, 0.2) is 6.29 Å². The van der Waals surface area contributed by atoms with Crippen LogP contribution in [-0.2, 0) is 46.4 Å². The monoisotopic (exact) mass is 552 g/mol. The SMILES string of the molecule is CCO[C@@H]1C[C@H]2C(=O)C[C@H]3[C@@H](OCOC)[C@H](OCc4ccccc4)[C@H](C)[C@@H](OCc4ccccc4)[C@H]3[C@@H]2[C@H](C)O1. The Balaban J connectivity index is 1.47. The lowest BCUT2D eigenvalue weighted by Gasteiger charge is -2.58. The lowest BCUT2D eigenvalue weighted by Crippen LogP contribution is -2.65. The van der Waals surface area contributed by atoms with Crippen LogP contribution >= 0.6 is 0 Å². The number of carbonyl (C=O) groups excluding carboxylic acids is 1. The van der Waals surface area contributed by atoms with Crippen LogP contribution in [0.4, 0.5) is 0 Å². The number of rotatable bonds is 11. The number of ether oxygens (including phenoxy) is 6. The summed E-state index contributed by atoms with van der Waals surface area (Å²) in [7, 11) is 1.63. The summed E-state index contributed by atoms with van der Waals surface area (Å²) < 4.78 is 37.4. The highest BCUT2D eigenvalue weighted by molar-refractivity contribution is 5.83. The Morgan fingerprint density at radius 1 is 0.800 bits per heavy atom. The van der Waals surface area contributed by atoms with E-state index in [4.69, 9.17) is 28.4 Å². The zero-order valence-electron chi connectivity index (χ0n) is 24.1. The zero-order valence-corrected chi connectivity index (χ0v) is 24.1. The van der Waals surface area contributed by atoms with Crippen molar-refractivity contribution in [3.8, 4) is 0 Å². The molecule has 1 heterocycles. The summed E-state index contributed by atoms with van der Waals surface area (Å²) in [5.41, 5.74) is 2.22. The number of Topliss-reactive ketones (excluding diaryl/α,β-unsaturated/α-hetero) is 1. The van der Waals surface area contributed by atoms with Crippen LogP contribution in [0.3, 0.4) is 0 Å². The normalized spacial score (nSPS) is 35.6. The van der Waals surface area contributed by atoms with Crippen molar-refractivity contribution in [2.24, 2.45) is 29.6 Å². The molecule has 1 aliphatic heterocycles. The average molecular weight is 553 g/mol. The number of fused-ring (bicyclic) bond motifs is 3. The van der Waals surface area contributed by atoms with Crippen molar-refractivity contribution in [3.05, 3.63) is 71.8 Å². The number of methoxy groups -OCH3 is 1. The molecule has 10 atom stereocenters. The Morgan fingerprint density at radius 2 is 1.43 bits per heavy atom. The van der Waals surface area contributed by atoms with Crippen molar-refractivity contribution < 1.29 is 33.2 Å². The van der Waals surface area contributed by atoms with E-state index in [9.17, 15) is 4.79 Å². The average Bonchev–Trinajstić information content (AvgIpc) is 2.96. The molecular weight excluding hydrogens is 508 g/mol. The highest BCUT2D eigenvalue weighted by atomic mass is 16.7. The molecule has 2 aromatic carbocycles. The second-order valence-electron chi connectivity index (χ2n) is 11.5. The third-order valence-electron chi connectivity index (χ3n) is 9.07. The van der Waals surface area contributed by atoms with Crippen LogP contribution in [0.1, 0.15) is 44.7 Å². The van der Waals surface area contributed by atoms with Gasteiger partial charge in [0.05, 0.1) is 37.6 Å². The topological polar surface area (TPSA) is 72.5 Å². The minimum Gasteiger partial charge on any atom is -0.373 e. The van der Waals surface area contributed by atoms with Crippen molar-refractivity contribution in [1.29, 1.82) is 0 Å². The molecular formula is C33H44O7. The fraction of sp³-hybridized carbons (Fsp3) is 0.606. The Labute approximate surface area is 238 Å². The smallest absolute Gasteiger partial charge is 0.158 e. The Kier molecular flexibility index (Phi) is 10.0. The summed E-state index contributed by atoms with van der Waals surface area (Å²) in [6.45, 7) is 7.90. The summed E-state index contributed by atoms with van der Waals surface area (Å²) in [6, 6.07) is 20.4. The van der Waals surface area contributed by atoms with Gasteiger partial charge in [0.2, 0.25) is 0 Å². The first kappa shape index (κ1) is 29.4. The molecule has 7 heteroatoms. The van der Waals surface area contributed by atoms with E-state index in [-0.39, 0.29) is 72.9 Å². The first-order chi connectivity index (χ1) is 19.5. The third-order valence-corrected chi connectivity index (χ3v) is 9.07. The molecule has 7 nitrogen and oxygen atoms in total. The van der Waals surface area contributed by atoms with E-state index >= 15 is 0 Å². The molecule has 40 heavy (non-hydrogen) atoms. The van der Waals surface area contributed by atoms with Crippen LogP contribution in [0.15, 0.2) is 60.7 Å². The molecule has 5 rings (SSSR count). The van der Waals surface area contributed by atoms with Gasteiger partial charge in [0.25, 0.3) is 0 Å². The van der Waals surface area contributed by atoms with Gasteiger partial charge >= 0.3 is 0 Å². The summed E-state index contributed by atoms with van der Waals surface area (Å²) in [4.78, 5) is 13.8. The van der Waals surface area contributed by atoms with Gasteiger partial charge in [0, 0.05) is 50.2 Å². The van der Waals surface area contributed by atoms with Crippen LogP contribution < -0.4 is 0 Å². The second kappa shape index (κ2) is 13.7. The van der Waals surface area contributed by atoms with Crippen molar-refractivity contribution >= 4 is 5.78 Å². The number of benzene rings is 2. The second-order valence-corrected chi connectivity index (χ2v) is 11.5. The molecule has 3 fully saturated rings. The number of hydrogen-bond acceptors (Lipinski definition) is 7. The summed E-state index contributed by atoms with van der Waals surface area (Å²) in [6.07, 6.45) is -0.193. The predicted molar refractivity (Wildman–Crippen MR) is 150 cm³/mol. The van der Waals surface area contributed by atoms with E-state index < -0.39 is 0 Å². The molecule has 0 bridgehead atoms. The van der Waals surface area contributed by atoms with Gasteiger partial charge in [-0.15, -0.1) is 0 Å². The van der Waals surface area contributed by atoms with E-state index in [1.54, 1.807) is 7.11 Å². The minimum atomic E-state index is -0.353. The fourth-order valence-electron chi connectivity index (χ4n) is 7.39. The van der Waals surface area contributed by atoms with Crippen molar-refractivity contribution in [2.45, 2.75) is 77.5 Å². The summed E-state index contributed by atoms with van der Waals surface area (Å²) in [5, 5.41) is 0. The molecule has 0 N–H and O–H groups in total. The molecule has 0 amide bonds. The van der Waals surface area contributed by atoms with Crippen LogP contribution in [0.25, 0.3) is 0 Å². The third kappa shape index (κ3) is 6.35. The maximum Gasteiger partial charge on any atom is 0.158 e. The largest absolute Gasteiger partial charge is 0.373 e. The summed E-state index contributed by atoms with van der Waals surface area (Å²) in [5.74, 6) is 0.154. The van der Waals surface area contributed by atoms with E-state index in [2.05, 4.69) is 38.1 Å². The molecule has 3 aliphatic rings. The van der Waals surface area contributed by atoms with Gasteiger partial charge in [-0.1, -0.05) is 67.6 Å². The van der Waals surface area contributed by atoms with Crippen molar-refractivity contribution in [3.63, 3.8) is 0 Å². The highest BCUT2D eigenvalue weighted by Crippen LogP contribution is 2.54. The first-order valence-electron chi connectivity index (χ1n) is 14.7. The Hall–Kier alpha value is -2.13. The molecule has 0 radical (unpaired) electrons. The predicted octanol–water partition coefficient (Wildman–Crippen LogP) is 5.41. The van der Waals surface area contributed by atoms with E-state index in [0.717, 1.165) is 11.1 Å². The fourth-order valence-corrected chi connectivity index (χ4v) is 7.39. The van der Waals surface area contributed by atoms with E-state index in [0.29, 0.717) is 32.7 Å². The van der Waals surface area contributed by atoms with Crippen LogP contribution in [-0.4, -0.2) is 57.0 Å². The van der Waals surface area contributed by atoms with Gasteiger partial charge in [-0.3, -0.25) is 4.79 Å². The lowest BCUT2D eigenvalue weighted by molar-refractivity contribution is -0.274. The molecule has 1 saturated heterocycles. The number of ketones is 1. The maximum atomic E-state index is 13.8. The number of hydrogen-bond donors (Lipinski definition) is 0. The van der Waals surface area contributed by atoms with Gasteiger partial charge in [0.1, 0.15) is 12.6 Å². The van der Waals surface area contributed by atoms with E-state index in [1.165, 1.54) is 0 Å². The number of carbonyl (C=O) groups is 1. The standard InChI is InChI=1S/C33H44O7/c1-5-36-28-17-25-27(34)16-26-30(29(25)22(3)40-28)31(37-18-23-12-8-6-9-13-23)21(2)32(33(26)39-20-35-4)38-19-24-14-10-7-11-15-24/h6-15,21-22,25-26,28-33H,5,16-20H2,1-4H3/t21-,22+,25+,26-,28+,29-,30-,31-,32-,33-/m1/s1. The highest BCUT2D eigenvalue weighted by Gasteiger charge is 2.60. The van der Waals surface area contributed by atoms with Crippen LogP contribution in [0, 0.1) is 29.6 Å². The molecule has 218 valence electrons. The summed E-state index contributed by atoms with van der Waals surface area (Å²) >= 11 is 0. The van der Waals surface area contributed by atoms with Crippen molar-refractivity contribution in [1.82, 2.24) is 0 Å². The maximum absolute atomic E-state index is 13.8. The quantitative estimate of drug-likeness (QED) is 0.346. The van der Waals surface area contributed by atoms with E-state index in [1.807, 2.05) is 43.3 Å². The lowest BCUT2D eigenvalue weighted by atomic mass is 9.54. The Bertz CT molecular complexity index is 1060. The molecule has 2 aliphatic carbocycles. The molecule has 0 unspecified atom stereocenters. The molecule has 2 aromatic rings. The molecule has 2 saturated carbocycles. The first-order valence-corrected chi connectivity index (χ1v) is 14.7. The van der Waals surface area contributed by atoms with Gasteiger partial charge in [-0.2, -0.15) is 0 Å². The molecule has 0 aromatic heterocycles. The van der Waals surface area contributed by atoms with Gasteiger partial charge in [-0.25, -0.2) is 0 Å². The van der Waals surface area contributed by atoms with Crippen LogP contribution in [0.5, 0.6) is 0 Å². The van der Waals surface area contributed by atoms with Gasteiger partial charge < -0.3 is 28.4 Å². The minimum absolute atomic E-state index is 0.00916. The Morgan fingerprint density at radius 3 is 2.02 bits per heavy atom.